The van der Waals surface area contributed by atoms with Gasteiger partial charge in [0.15, 0.2) is 5.69 Å². The van der Waals surface area contributed by atoms with Crippen molar-refractivity contribution in [1.29, 1.82) is 0 Å². The van der Waals surface area contributed by atoms with E-state index in [0.29, 0.717) is 11.1 Å². The smallest absolute Gasteiger partial charge is 0.505 e. The number of nitrogens with zero attached hydrogens (tertiary/aromatic N) is 1. The molecule has 1 aromatic heterocycles. The van der Waals surface area contributed by atoms with Gasteiger partial charge in [-0.1, -0.05) is 36.4 Å². The van der Waals surface area contributed by atoms with Gasteiger partial charge in [0, 0.05) is 18.8 Å². The van der Waals surface area contributed by atoms with Crippen LogP contribution in [0, 0.1) is 0 Å². The minimum absolute atomic E-state index is 0.0911. The number of aromatic hydroxyl groups is 1. The number of benzene rings is 2. The quantitative estimate of drug-likeness (QED) is 0.378. The minimum atomic E-state index is -4.90. The summed E-state index contributed by atoms with van der Waals surface area (Å²) in [6.07, 6.45) is -3.90. The lowest BCUT2D eigenvalue weighted by Gasteiger charge is -2.20. The minimum Gasteiger partial charge on any atom is -0.505 e. The van der Waals surface area contributed by atoms with Gasteiger partial charge in [-0.2, -0.15) is 0 Å². The SMILES string of the molecule is CCOC(=O)C[C@H](NC(=O)Nc1c(O)ccn(C)c1=O)c1cccc(-c2ccccc2OC(F)(F)F)c1. The molecule has 0 aliphatic heterocycles. The summed E-state index contributed by atoms with van der Waals surface area (Å²) >= 11 is 0. The first-order valence-corrected chi connectivity index (χ1v) is 11.0. The summed E-state index contributed by atoms with van der Waals surface area (Å²) in [6, 6.07) is 11.0. The van der Waals surface area contributed by atoms with E-state index >= 15 is 0 Å². The van der Waals surface area contributed by atoms with Crippen LogP contribution >= 0.6 is 0 Å². The van der Waals surface area contributed by atoms with E-state index in [1.165, 1.54) is 43.6 Å². The third kappa shape index (κ3) is 7.26. The molecule has 3 aromatic rings. The van der Waals surface area contributed by atoms with Gasteiger partial charge in [-0.15, -0.1) is 13.2 Å². The van der Waals surface area contributed by atoms with Crippen molar-refractivity contribution in [3.8, 4) is 22.6 Å². The lowest BCUT2D eigenvalue weighted by molar-refractivity contribution is -0.274. The maximum Gasteiger partial charge on any atom is 0.573 e. The highest BCUT2D eigenvalue weighted by atomic mass is 19.4. The summed E-state index contributed by atoms with van der Waals surface area (Å²) < 4.78 is 49.0. The summed E-state index contributed by atoms with van der Waals surface area (Å²) in [6.45, 7) is 1.70. The molecule has 0 fully saturated rings. The molecule has 0 unspecified atom stereocenters. The second-order valence-electron chi connectivity index (χ2n) is 7.82. The molecule has 9 nitrogen and oxygen atoms in total. The van der Waals surface area contributed by atoms with Gasteiger partial charge in [0.2, 0.25) is 0 Å². The van der Waals surface area contributed by atoms with Gasteiger partial charge in [0.25, 0.3) is 5.56 Å². The molecule has 0 bridgehead atoms. The Bertz CT molecular complexity index is 1340. The van der Waals surface area contributed by atoms with Crippen LogP contribution in [0.4, 0.5) is 23.7 Å². The summed E-state index contributed by atoms with van der Waals surface area (Å²) in [4.78, 5) is 37.3. The van der Waals surface area contributed by atoms with Crippen LogP contribution in [0.25, 0.3) is 11.1 Å². The highest BCUT2D eigenvalue weighted by molar-refractivity contribution is 5.91. The Morgan fingerprint density at radius 2 is 1.84 bits per heavy atom. The second kappa shape index (κ2) is 11.5. The molecule has 1 atom stereocenters. The number of aromatic nitrogens is 1. The molecule has 12 heteroatoms. The molecule has 0 saturated carbocycles. The van der Waals surface area contributed by atoms with Crippen molar-refractivity contribution in [3.05, 3.63) is 76.7 Å². The van der Waals surface area contributed by atoms with Gasteiger partial charge in [-0.25, -0.2) is 4.79 Å². The molecule has 0 radical (unpaired) electrons. The molecular weight excluding hydrogens is 495 g/mol. The summed E-state index contributed by atoms with van der Waals surface area (Å²) in [5, 5.41) is 14.8. The lowest BCUT2D eigenvalue weighted by atomic mass is 9.97. The highest BCUT2D eigenvalue weighted by Crippen LogP contribution is 2.35. The largest absolute Gasteiger partial charge is 0.573 e. The van der Waals surface area contributed by atoms with Crippen molar-refractivity contribution in [2.75, 3.05) is 11.9 Å². The van der Waals surface area contributed by atoms with E-state index in [1.807, 2.05) is 0 Å². The summed E-state index contributed by atoms with van der Waals surface area (Å²) in [7, 11) is 1.43. The zero-order chi connectivity index (χ0) is 27.2. The average molecular weight is 519 g/mol. The first kappa shape index (κ1) is 27.1. The first-order valence-electron chi connectivity index (χ1n) is 11.0. The molecule has 196 valence electrons. The fourth-order valence-corrected chi connectivity index (χ4v) is 3.53. The zero-order valence-electron chi connectivity index (χ0n) is 19.8. The van der Waals surface area contributed by atoms with Crippen LogP contribution < -0.4 is 20.9 Å². The number of esters is 1. The van der Waals surface area contributed by atoms with Gasteiger partial charge >= 0.3 is 18.4 Å². The van der Waals surface area contributed by atoms with Gasteiger partial charge in [0.1, 0.15) is 11.5 Å². The number of nitrogens with one attached hydrogen (secondary N) is 2. The fourth-order valence-electron chi connectivity index (χ4n) is 3.53. The Kier molecular flexibility index (Phi) is 8.43. The molecule has 1 heterocycles. The van der Waals surface area contributed by atoms with Gasteiger partial charge in [0.05, 0.1) is 19.1 Å². The van der Waals surface area contributed by atoms with Crippen LogP contribution in [0.15, 0.2) is 65.6 Å². The molecular formula is C25H24F3N3O6. The van der Waals surface area contributed by atoms with E-state index in [4.69, 9.17) is 4.74 Å². The number of ether oxygens (including phenoxy) is 2. The van der Waals surface area contributed by atoms with E-state index in [2.05, 4.69) is 15.4 Å². The molecule has 2 amide bonds. The topological polar surface area (TPSA) is 119 Å². The number of alkyl halides is 3. The van der Waals surface area contributed by atoms with Crippen LogP contribution in [0.3, 0.4) is 0 Å². The number of hydrogen-bond acceptors (Lipinski definition) is 6. The third-order valence-corrected chi connectivity index (χ3v) is 5.18. The van der Waals surface area contributed by atoms with Crippen LogP contribution in [-0.2, 0) is 16.6 Å². The van der Waals surface area contributed by atoms with E-state index < -0.39 is 41.5 Å². The molecule has 0 spiro atoms. The first-order chi connectivity index (χ1) is 17.5. The van der Waals surface area contributed by atoms with Gasteiger partial charge in [-0.05, 0) is 36.2 Å². The molecule has 3 rings (SSSR count). The van der Waals surface area contributed by atoms with E-state index in [0.717, 1.165) is 4.57 Å². The number of para-hydroxylation sites is 1. The molecule has 0 saturated heterocycles. The Morgan fingerprint density at radius 1 is 1.11 bits per heavy atom. The Morgan fingerprint density at radius 3 is 2.54 bits per heavy atom. The zero-order valence-corrected chi connectivity index (χ0v) is 19.8. The highest BCUT2D eigenvalue weighted by Gasteiger charge is 2.32. The normalized spacial score (nSPS) is 11.9. The van der Waals surface area contributed by atoms with Crippen molar-refractivity contribution < 1.29 is 37.3 Å². The number of carbonyl (C=O) groups is 2. The number of urea groups is 1. The second-order valence-corrected chi connectivity index (χ2v) is 7.82. The van der Waals surface area contributed by atoms with Gasteiger partial charge < -0.3 is 29.8 Å². The monoisotopic (exact) mass is 519 g/mol. The third-order valence-electron chi connectivity index (χ3n) is 5.18. The number of hydrogen-bond donors (Lipinski definition) is 3. The van der Waals surface area contributed by atoms with E-state index in [1.54, 1.807) is 31.2 Å². The number of amides is 2. The molecule has 0 aliphatic rings. The van der Waals surface area contributed by atoms with Crippen LogP contribution in [-0.4, -0.2) is 34.6 Å². The fraction of sp³-hybridized carbons (Fsp3) is 0.240. The van der Waals surface area contributed by atoms with Crippen molar-refractivity contribution >= 4 is 17.7 Å². The van der Waals surface area contributed by atoms with Crippen LogP contribution in [0.2, 0.25) is 0 Å². The average Bonchev–Trinajstić information content (AvgIpc) is 2.83. The Labute approximate surface area is 209 Å². The molecule has 3 N–H and O–H groups in total. The van der Waals surface area contributed by atoms with Crippen LogP contribution in [0.5, 0.6) is 11.5 Å². The standard InChI is InChI=1S/C25H24F3N3O6/c1-3-36-21(33)14-18(29-24(35)30-22-19(32)11-12-31(2)23(22)34)16-8-6-7-15(13-16)17-9-4-5-10-20(17)37-25(26,27)28/h4-13,18,32H,3,14H2,1-2H3,(H2,29,30,35)/t18-/m0/s1. The van der Waals surface area contributed by atoms with Crippen molar-refractivity contribution in [2.24, 2.45) is 7.05 Å². The maximum absolute atomic E-state index is 12.9. The summed E-state index contributed by atoms with van der Waals surface area (Å²) in [5.41, 5.74) is -0.195. The lowest BCUT2D eigenvalue weighted by Crippen LogP contribution is -2.36. The summed E-state index contributed by atoms with van der Waals surface area (Å²) in [5.74, 6) is -1.52. The van der Waals surface area contributed by atoms with E-state index in [-0.39, 0.29) is 24.3 Å². The number of anilines is 1. The molecule has 37 heavy (non-hydrogen) atoms. The van der Waals surface area contributed by atoms with E-state index in [9.17, 15) is 32.7 Å². The van der Waals surface area contributed by atoms with Crippen LogP contribution in [0.1, 0.15) is 24.9 Å². The Balaban J connectivity index is 1.93. The Hall–Kier alpha value is -4.48. The molecule has 2 aromatic carbocycles. The maximum atomic E-state index is 12.9. The number of rotatable bonds is 8. The van der Waals surface area contributed by atoms with Crippen molar-refractivity contribution in [3.63, 3.8) is 0 Å². The van der Waals surface area contributed by atoms with Crippen molar-refractivity contribution in [2.45, 2.75) is 25.7 Å². The predicted molar refractivity (Wildman–Crippen MR) is 128 cm³/mol. The van der Waals surface area contributed by atoms with Crippen molar-refractivity contribution in [1.82, 2.24) is 9.88 Å². The number of aryl methyl sites for hydroxylation is 1. The predicted octanol–water partition coefficient (Wildman–Crippen LogP) is 4.47. The molecule has 0 aliphatic carbocycles. The number of carbonyl (C=O) groups excluding carboxylic acids is 2. The number of halogens is 3. The number of pyridine rings is 1. The van der Waals surface area contributed by atoms with Gasteiger partial charge in [-0.3, -0.25) is 9.59 Å².